The van der Waals surface area contributed by atoms with Crippen LogP contribution >= 0.6 is 0 Å². The van der Waals surface area contributed by atoms with Crippen LogP contribution in [0.25, 0.3) is 17.1 Å². The maximum Gasteiger partial charge on any atom is 0.326 e. The van der Waals surface area contributed by atoms with Gasteiger partial charge in [0.1, 0.15) is 0 Å². The van der Waals surface area contributed by atoms with Crippen LogP contribution in [-0.4, -0.2) is 30.8 Å². The van der Waals surface area contributed by atoms with Gasteiger partial charge in [0, 0.05) is 11.9 Å². The molecule has 0 aliphatic carbocycles. The number of rotatable bonds is 4. The smallest absolute Gasteiger partial charge is 0.326 e. The largest absolute Gasteiger partial charge is 0.368 e. The molecule has 28 heavy (non-hydrogen) atoms. The Morgan fingerprint density at radius 1 is 0.893 bits per heavy atom. The second kappa shape index (κ2) is 7.54. The number of nitrogens with two attached hydrogens (primary N) is 1. The van der Waals surface area contributed by atoms with E-state index in [9.17, 15) is 4.79 Å². The Morgan fingerprint density at radius 2 is 1.61 bits per heavy atom. The van der Waals surface area contributed by atoms with Gasteiger partial charge < -0.3 is 11.1 Å². The van der Waals surface area contributed by atoms with Crippen molar-refractivity contribution in [2.45, 2.75) is 0 Å². The first kappa shape index (κ1) is 17.2. The number of hydrogen-bond donors (Lipinski definition) is 3. The van der Waals surface area contributed by atoms with E-state index in [1.165, 1.54) is 0 Å². The Balaban J connectivity index is 1.54. The molecule has 2 amide bonds. The molecule has 9 heteroatoms. The fraction of sp³-hybridized carbons (Fsp3) is 0. The monoisotopic (exact) mass is 372 g/mol. The van der Waals surface area contributed by atoms with Gasteiger partial charge >= 0.3 is 6.03 Å². The van der Waals surface area contributed by atoms with E-state index in [0.717, 1.165) is 5.69 Å². The molecular weight excluding hydrogens is 356 g/mol. The minimum Gasteiger partial charge on any atom is -0.368 e. The lowest BCUT2D eigenvalue weighted by atomic mass is 10.3. The molecule has 2 aromatic heterocycles. The van der Waals surface area contributed by atoms with Crippen molar-refractivity contribution in [2.24, 2.45) is 0 Å². The second-order valence-corrected chi connectivity index (χ2v) is 5.80. The first-order valence-electron chi connectivity index (χ1n) is 8.42. The Kier molecular flexibility index (Phi) is 4.62. The van der Waals surface area contributed by atoms with Crippen LogP contribution in [0.2, 0.25) is 0 Å². The predicted molar refractivity (Wildman–Crippen MR) is 106 cm³/mol. The minimum atomic E-state index is -0.484. The number of amides is 2. The normalized spacial score (nSPS) is 10.4. The second-order valence-electron chi connectivity index (χ2n) is 5.80. The predicted octanol–water partition coefficient (Wildman–Crippen LogP) is 2.95. The van der Waals surface area contributed by atoms with Crippen LogP contribution in [0.15, 0.2) is 73.1 Å². The molecule has 0 aliphatic rings. The molecule has 0 saturated heterocycles. The number of aromatic nitrogens is 5. The third kappa shape index (κ3) is 3.93. The van der Waals surface area contributed by atoms with Crippen molar-refractivity contribution in [3.63, 3.8) is 0 Å². The van der Waals surface area contributed by atoms with E-state index in [4.69, 9.17) is 5.73 Å². The zero-order valence-corrected chi connectivity index (χ0v) is 14.6. The van der Waals surface area contributed by atoms with Crippen molar-refractivity contribution < 1.29 is 4.79 Å². The summed E-state index contributed by atoms with van der Waals surface area (Å²) in [6.45, 7) is 0. The standard InChI is InChI=1S/C19H16N8O/c20-17-23-16(13-11-21-27(12-13)15-9-5-2-6-10-15)24-18(25-17)26-19(28)22-14-7-3-1-4-8-14/h1-12H,(H4,20,22,23,24,25,26,28). The van der Waals surface area contributed by atoms with E-state index in [2.05, 4.69) is 30.7 Å². The van der Waals surface area contributed by atoms with Crippen LogP contribution in [0.4, 0.5) is 22.4 Å². The van der Waals surface area contributed by atoms with E-state index in [0.29, 0.717) is 17.1 Å². The van der Waals surface area contributed by atoms with Crippen molar-refractivity contribution in [3.05, 3.63) is 73.1 Å². The third-order valence-electron chi connectivity index (χ3n) is 3.77. The topological polar surface area (TPSA) is 124 Å². The molecule has 0 fully saturated rings. The van der Waals surface area contributed by atoms with E-state index < -0.39 is 6.03 Å². The van der Waals surface area contributed by atoms with Crippen molar-refractivity contribution in [2.75, 3.05) is 16.4 Å². The number of para-hydroxylation sites is 2. The Bertz CT molecular complexity index is 1100. The molecule has 0 radical (unpaired) electrons. The van der Waals surface area contributed by atoms with Crippen molar-refractivity contribution in [1.29, 1.82) is 0 Å². The molecule has 0 saturated carbocycles. The average Bonchev–Trinajstić information content (AvgIpc) is 3.19. The lowest BCUT2D eigenvalue weighted by molar-refractivity contribution is 0.262. The summed E-state index contributed by atoms with van der Waals surface area (Å²) in [7, 11) is 0. The van der Waals surface area contributed by atoms with E-state index >= 15 is 0 Å². The lowest BCUT2D eigenvalue weighted by Crippen LogP contribution is -2.21. The van der Waals surface area contributed by atoms with E-state index in [1.54, 1.807) is 29.2 Å². The minimum absolute atomic E-state index is 0.00697. The number of benzene rings is 2. The van der Waals surface area contributed by atoms with Crippen LogP contribution in [0.5, 0.6) is 0 Å². The number of carbonyl (C=O) groups excluding carboxylic acids is 1. The van der Waals surface area contributed by atoms with Crippen LogP contribution in [-0.2, 0) is 0 Å². The average molecular weight is 372 g/mol. The molecule has 9 nitrogen and oxygen atoms in total. The van der Waals surface area contributed by atoms with Gasteiger partial charge in [-0.2, -0.15) is 20.1 Å². The fourth-order valence-corrected chi connectivity index (χ4v) is 2.52. The van der Waals surface area contributed by atoms with Crippen molar-refractivity contribution >= 4 is 23.6 Å². The van der Waals surface area contributed by atoms with Crippen LogP contribution < -0.4 is 16.4 Å². The highest BCUT2D eigenvalue weighted by Crippen LogP contribution is 2.18. The Labute approximate surface area is 160 Å². The summed E-state index contributed by atoms with van der Waals surface area (Å²) < 4.78 is 1.70. The zero-order valence-electron chi connectivity index (χ0n) is 14.6. The highest BCUT2D eigenvalue weighted by Gasteiger charge is 2.12. The molecule has 0 unspecified atom stereocenters. The van der Waals surface area contributed by atoms with Gasteiger partial charge in [-0.1, -0.05) is 36.4 Å². The molecular formula is C19H16N8O. The molecule has 0 spiro atoms. The number of nitrogens with zero attached hydrogens (tertiary/aromatic N) is 5. The number of carbonyl (C=O) groups is 1. The molecule has 4 rings (SSSR count). The highest BCUT2D eigenvalue weighted by atomic mass is 16.2. The molecule has 2 aromatic carbocycles. The molecule has 138 valence electrons. The van der Waals surface area contributed by atoms with Crippen LogP contribution in [0, 0.1) is 0 Å². The summed E-state index contributed by atoms with van der Waals surface area (Å²) in [6, 6.07) is 18.2. The Morgan fingerprint density at radius 3 is 2.36 bits per heavy atom. The maximum absolute atomic E-state index is 12.2. The van der Waals surface area contributed by atoms with Crippen LogP contribution in [0.1, 0.15) is 0 Å². The summed E-state index contributed by atoms with van der Waals surface area (Å²) in [5, 5.41) is 9.56. The molecule has 4 aromatic rings. The zero-order chi connectivity index (χ0) is 19.3. The summed E-state index contributed by atoms with van der Waals surface area (Å²) >= 11 is 0. The molecule has 0 aliphatic heterocycles. The van der Waals surface area contributed by atoms with Gasteiger partial charge in [-0.15, -0.1) is 0 Å². The SMILES string of the molecule is Nc1nc(NC(=O)Nc2ccccc2)nc(-c2cnn(-c3ccccc3)c2)n1. The summed E-state index contributed by atoms with van der Waals surface area (Å²) in [5.74, 6) is 0.348. The van der Waals surface area contributed by atoms with Crippen molar-refractivity contribution in [3.8, 4) is 17.1 Å². The third-order valence-corrected chi connectivity index (χ3v) is 3.77. The fourth-order valence-electron chi connectivity index (χ4n) is 2.52. The van der Waals surface area contributed by atoms with Gasteiger partial charge in [0.05, 0.1) is 17.4 Å². The van der Waals surface area contributed by atoms with Gasteiger partial charge in [0.25, 0.3) is 0 Å². The number of nitrogen functional groups attached to an aromatic ring is 1. The summed E-state index contributed by atoms with van der Waals surface area (Å²) in [4.78, 5) is 24.5. The first-order chi connectivity index (χ1) is 13.7. The Hall–Kier alpha value is -4.27. The number of hydrogen-bond acceptors (Lipinski definition) is 6. The first-order valence-corrected chi connectivity index (χ1v) is 8.42. The van der Waals surface area contributed by atoms with E-state index in [1.807, 2.05) is 48.5 Å². The number of nitrogens with one attached hydrogen (secondary N) is 2. The molecule has 2 heterocycles. The summed E-state index contributed by atoms with van der Waals surface area (Å²) in [5.41, 5.74) is 7.97. The highest BCUT2D eigenvalue weighted by molar-refractivity contribution is 5.98. The number of anilines is 3. The summed E-state index contributed by atoms with van der Waals surface area (Å²) in [6.07, 6.45) is 3.40. The number of urea groups is 1. The van der Waals surface area contributed by atoms with Gasteiger partial charge in [0.2, 0.25) is 11.9 Å². The quantitative estimate of drug-likeness (QED) is 0.506. The van der Waals surface area contributed by atoms with E-state index in [-0.39, 0.29) is 11.9 Å². The van der Waals surface area contributed by atoms with Crippen molar-refractivity contribution in [1.82, 2.24) is 24.7 Å². The maximum atomic E-state index is 12.2. The van der Waals surface area contributed by atoms with Gasteiger partial charge in [-0.05, 0) is 24.3 Å². The lowest BCUT2D eigenvalue weighted by Gasteiger charge is -2.07. The van der Waals surface area contributed by atoms with Gasteiger partial charge in [0.15, 0.2) is 5.82 Å². The molecule has 0 atom stereocenters. The molecule has 4 N–H and O–H groups in total. The van der Waals surface area contributed by atoms with Gasteiger partial charge in [-0.3, -0.25) is 5.32 Å². The van der Waals surface area contributed by atoms with Gasteiger partial charge in [-0.25, -0.2) is 9.48 Å². The van der Waals surface area contributed by atoms with Crippen LogP contribution in [0.3, 0.4) is 0 Å². The molecule has 0 bridgehead atoms.